The second-order valence-electron chi connectivity index (χ2n) is 8.46. The monoisotopic (exact) mass is 477 g/mol. The summed E-state index contributed by atoms with van der Waals surface area (Å²) in [5.74, 6) is 3.01. The van der Waals surface area contributed by atoms with Gasteiger partial charge >= 0.3 is 0 Å². The Balaban J connectivity index is 1.79. The molecule has 0 saturated carbocycles. The summed E-state index contributed by atoms with van der Waals surface area (Å²) in [7, 11) is 6.73. The zero-order valence-electron chi connectivity index (χ0n) is 19.9. The minimum absolute atomic E-state index is 0.696. The Morgan fingerprint density at radius 1 is 0.824 bits per heavy atom. The van der Waals surface area contributed by atoms with Gasteiger partial charge in [-0.3, -0.25) is 0 Å². The number of methoxy groups -OCH3 is 4. The number of fused-ring (bicyclic) bond motifs is 4. The van der Waals surface area contributed by atoms with Gasteiger partial charge < -0.3 is 23.8 Å². The van der Waals surface area contributed by atoms with E-state index in [1.807, 2.05) is 24.3 Å². The summed E-state index contributed by atoms with van der Waals surface area (Å²) in [6, 6.07) is 16.4. The molecule has 2 aliphatic rings. The van der Waals surface area contributed by atoms with E-state index in [2.05, 4.69) is 29.2 Å². The van der Waals surface area contributed by atoms with Gasteiger partial charge in [0.25, 0.3) is 0 Å². The second kappa shape index (κ2) is 9.15. The van der Waals surface area contributed by atoms with E-state index in [0.717, 1.165) is 64.2 Å². The molecular weight excluding hydrogens is 450 g/mol. The van der Waals surface area contributed by atoms with Crippen LogP contribution in [0.4, 0.5) is 0 Å². The van der Waals surface area contributed by atoms with Gasteiger partial charge in [-0.25, -0.2) is 0 Å². The molecule has 0 fully saturated rings. The zero-order valence-corrected chi connectivity index (χ0v) is 20.7. The Labute approximate surface area is 205 Å². The first-order valence-corrected chi connectivity index (χ1v) is 11.7. The Morgan fingerprint density at radius 3 is 2.26 bits per heavy atom. The molecule has 0 saturated heterocycles. The highest BCUT2D eigenvalue weighted by Gasteiger charge is 2.33. The smallest absolute Gasteiger partial charge is 0.166 e. The first-order valence-electron chi connectivity index (χ1n) is 11.3. The molecule has 0 unspecified atom stereocenters. The molecule has 0 N–H and O–H groups in total. The van der Waals surface area contributed by atoms with Crippen LogP contribution < -0.4 is 18.9 Å². The molecule has 0 atom stereocenters. The van der Waals surface area contributed by atoms with E-state index in [0.29, 0.717) is 6.42 Å². The fraction of sp³-hybridized carbons (Fsp3) is 0.286. The number of hydrogen-bond donors (Lipinski definition) is 0. The summed E-state index contributed by atoms with van der Waals surface area (Å²) in [6.07, 6.45) is 1.61. The Bertz CT molecular complexity index is 1280. The molecule has 0 aromatic heterocycles. The highest BCUT2D eigenvalue weighted by molar-refractivity contribution is 6.31. The summed E-state index contributed by atoms with van der Waals surface area (Å²) >= 11 is 6.62. The maximum absolute atomic E-state index is 6.62. The van der Waals surface area contributed by atoms with Gasteiger partial charge in [0.2, 0.25) is 0 Å². The van der Waals surface area contributed by atoms with Crippen LogP contribution >= 0.6 is 11.6 Å². The van der Waals surface area contributed by atoms with Gasteiger partial charge in [-0.1, -0.05) is 35.9 Å². The van der Waals surface area contributed by atoms with Crippen molar-refractivity contribution in [2.75, 3.05) is 35.0 Å². The maximum atomic E-state index is 6.62. The van der Waals surface area contributed by atoms with Crippen molar-refractivity contribution < 1.29 is 18.9 Å². The first-order chi connectivity index (χ1) is 16.6. The zero-order chi connectivity index (χ0) is 23.8. The molecule has 0 spiro atoms. The van der Waals surface area contributed by atoms with Gasteiger partial charge in [0, 0.05) is 41.4 Å². The van der Waals surface area contributed by atoms with Crippen LogP contribution in [-0.2, 0) is 19.4 Å². The van der Waals surface area contributed by atoms with Gasteiger partial charge in [-0.05, 0) is 52.9 Å². The predicted octanol–water partition coefficient (Wildman–Crippen LogP) is 5.86. The Kier molecular flexibility index (Phi) is 6.05. The summed E-state index contributed by atoms with van der Waals surface area (Å²) in [6.45, 7) is 1.63. The van der Waals surface area contributed by atoms with Gasteiger partial charge in [0.05, 0.1) is 28.4 Å². The van der Waals surface area contributed by atoms with Crippen LogP contribution in [0.2, 0.25) is 5.02 Å². The fourth-order valence-corrected chi connectivity index (χ4v) is 5.36. The molecule has 5 rings (SSSR count). The van der Waals surface area contributed by atoms with Crippen LogP contribution in [0.15, 0.2) is 48.5 Å². The van der Waals surface area contributed by atoms with Crippen molar-refractivity contribution >= 4 is 22.9 Å². The lowest BCUT2D eigenvalue weighted by atomic mass is 9.83. The summed E-state index contributed by atoms with van der Waals surface area (Å²) in [4.78, 5) is 2.44. The van der Waals surface area contributed by atoms with Crippen LogP contribution in [0.1, 0.15) is 27.8 Å². The third-order valence-electron chi connectivity index (χ3n) is 6.77. The van der Waals surface area contributed by atoms with E-state index in [4.69, 9.17) is 30.5 Å². The molecule has 3 aromatic rings. The fourth-order valence-electron chi connectivity index (χ4n) is 5.16. The first kappa shape index (κ1) is 22.5. The molecule has 0 amide bonds. The number of nitrogens with zero attached hydrogens (tertiary/aromatic N) is 1. The number of halogens is 1. The van der Waals surface area contributed by atoms with Crippen molar-refractivity contribution in [3.05, 3.63) is 81.4 Å². The molecule has 2 heterocycles. The van der Waals surface area contributed by atoms with E-state index in [9.17, 15) is 0 Å². The van der Waals surface area contributed by atoms with Crippen molar-refractivity contribution in [1.29, 1.82) is 0 Å². The van der Waals surface area contributed by atoms with Crippen LogP contribution in [0.3, 0.4) is 0 Å². The number of rotatable bonds is 6. The predicted molar refractivity (Wildman–Crippen MR) is 135 cm³/mol. The standard InChI is InChI=1S/C28H28ClNO4/c1-31-24-10-9-19-21(13-18-7-5-6-8-23(18)29)27-20-15-26(33-3)25(32-2)14-17(20)11-12-30(27)16-22(19)28(24)34-4/h5-10,14-15H,11-13,16H2,1-4H3. The van der Waals surface area contributed by atoms with E-state index < -0.39 is 0 Å². The van der Waals surface area contributed by atoms with Crippen molar-refractivity contribution in [2.24, 2.45) is 0 Å². The van der Waals surface area contributed by atoms with Crippen LogP contribution in [0, 0.1) is 0 Å². The number of hydrogen-bond acceptors (Lipinski definition) is 5. The third-order valence-corrected chi connectivity index (χ3v) is 7.13. The lowest BCUT2D eigenvalue weighted by molar-refractivity contribution is 0.332. The normalized spacial score (nSPS) is 14.2. The van der Waals surface area contributed by atoms with Crippen LogP contribution in [0.25, 0.3) is 11.3 Å². The Morgan fingerprint density at radius 2 is 1.56 bits per heavy atom. The molecule has 5 nitrogen and oxygen atoms in total. The maximum Gasteiger partial charge on any atom is 0.166 e. The lowest BCUT2D eigenvalue weighted by Gasteiger charge is -2.40. The van der Waals surface area contributed by atoms with Crippen molar-refractivity contribution in [1.82, 2.24) is 4.90 Å². The SMILES string of the molecule is COc1cc2c(cc1OC)C1=C(Cc3ccccc3Cl)c3ccc(OC)c(OC)c3CN1CC2. The van der Waals surface area contributed by atoms with Gasteiger partial charge in [-0.15, -0.1) is 0 Å². The van der Waals surface area contributed by atoms with Crippen molar-refractivity contribution in [3.63, 3.8) is 0 Å². The van der Waals surface area contributed by atoms with E-state index in [-0.39, 0.29) is 0 Å². The molecular formula is C28H28ClNO4. The Hall–Kier alpha value is -3.31. The van der Waals surface area contributed by atoms with Gasteiger partial charge in [0.1, 0.15) is 0 Å². The third kappa shape index (κ3) is 3.64. The molecule has 2 aliphatic heterocycles. The molecule has 0 radical (unpaired) electrons. The molecule has 176 valence electrons. The van der Waals surface area contributed by atoms with E-state index >= 15 is 0 Å². The van der Waals surface area contributed by atoms with Gasteiger partial charge in [-0.2, -0.15) is 0 Å². The largest absolute Gasteiger partial charge is 0.493 e. The van der Waals surface area contributed by atoms with Crippen LogP contribution in [0.5, 0.6) is 23.0 Å². The number of ether oxygens (including phenoxy) is 4. The van der Waals surface area contributed by atoms with Crippen LogP contribution in [-0.4, -0.2) is 39.9 Å². The van der Waals surface area contributed by atoms with E-state index in [1.165, 1.54) is 22.4 Å². The van der Waals surface area contributed by atoms with E-state index in [1.54, 1.807) is 28.4 Å². The molecule has 0 bridgehead atoms. The number of benzene rings is 3. The molecule has 3 aromatic carbocycles. The average molecular weight is 478 g/mol. The number of allylic oxidation sites excluding steroid dienone is 1. The summed E-state index contributed by atoms with van der Waals surface area (Å²) < 4.78 is 22.7. The molecule has 0 aliphatic carbocycles. The topological polar surface area (TPSA) is 40.2 Å². The van der Waals surface area contributed by atoms with Gasteiger partial charge in [0.15, 0.2) is 23.0 Å². The lowest BCUT2D eigenvalue weighted by Crippen LogP contribution is -2.33. The van der Waals surface area contributed by atoms with Crippen molar-refractivity contribution in [2.45, 2.75) is 19.4 Å². The highest BCUT2D eigenvalue weighted by atomic mass is 35.5. The highest BCUT2D eigenvalue weighted by Crippen LogP contribution is 2.48. The minimum atomic E-state index is 0.696. The molecule has 6 heteroatoms. The molecule has 34 heavy (non-hydrogen) atoms. The summed E-state index contributed by atoms with van der Waals surface area (Å²) in [5, 5.41) is 0.762. The summed E-state index contributed by atoms with van der Waals surface area (Å²) in [5.41, 5.74) is 8.23. The quantitative estimate of drug-likeness (QED) is 0.445. The minimum Gasteiger partial charge on any atom is -0.493 e. The second-order valence-corrected chi connectivity index (χ2v) is 8.87. The average Bonchev–Trinajstić information content (AvgIpc) is 2.87. The van der Waals surface area contributed by atoms with Crippen molar-refractivity contribution in [3.8, 4) is 23.0 Å².